The van der Waals surface area contributed by atoms with E-state index in [1.54, 1.807) is 6.92 Å². The molecule has 0 bridgehead atoms. The van der Waals surface area contributed by atoms with Gasteiger partial charge in [-0.05, 0) is 37.6 Å². The second-order valence-corrected chi connectivity index (χ2v) is 5.55. The summed E-state index contributed by atoms with van der Waals surface area (Å²) in [6.45, 7) is 1.92. The summed E-state index contributed by atoms with van der Waals surface area (Å²) in [4.78, 5) is 25.0. The van der Waals surface area contributed by atoms with Crippen LogP contribution in [-0.4, -0.2) is 53.8 Å². The number of halogens is 1. The van der Waals surface area contributed by atoms with Crippen molar-refractivity contribution in [2.45, 2.75) is 38.0 Å². The van der Waals surface area contributed by atoms with Gasteiger partial charge in [0, 0.05) is 19.7 Å². The lowest BCUT2D eigenvalue weighted by Gasteiger charge is -2.26. The standard InChI is InChI=1S/C16H20FNO5/c1-10(23-13-5-3-11(17)4-6-13)16(21)18-9-14(22-2)7-12(18)8-15(19)20/h3-6,10,12,14H,7-9H2,1-2H3,(H,19,20). The number of benzene rings is 1. The van der Waals surface area contributed by atoms with Crippen LogP contribution in [0.1, 0.15) is 19.8 Å². The smallest absolute Gasteiger partial charge is 0.305 e. The molecule has 1 aromatic carbocycles. The van der Waals surface area contributed by atoms with E-state index < -0.39 is 18.1 Å². The van der Waals surface area contributed by atoms with E-state index in [0.29, 0.717) is 18.7 Å². The topological polar surface area (TPSA) is 76.1 Å². The third-order valence-electron chi connectivity index (χ3n) is 3.88. The number of ether oxygens (including phenoxy) is 2. The molecule has 2 rings (SSSR count). The van der Waals surface area contributed by atoms with E-state index in [2.05, 4.69) is 0 Å². The molecule has 1 fully saturated rings. The number of nitrogens with zero attached hydrogens (tertiary/aromatic N) is 1. The minimum absolute atomic E-state index is 0.130. The van der Waals surface area contributed by atoms with Gasteiger partial charge in [-0.3, -0.25) is 9.59 Å². The first kappa shape index (κ1) is 17.2. The van der Waals surface area contributed by atoms with Gasteiger partial charge in [-0.2, -0.15) is 0 Å². The molecule has 1 heterocycles. The fourth-order valence-corrected chi connectivity index (χ4v) is 2.71. The van der Waals surface area contributed by atoms with Crippen LogP contribution in [0.3, 0.4) is 0 Å². The first-order valence-corrected chi connectivity index (χ1v) is 7.38. The van der Waals surface area contributed by atoms with Crippen molar-refractivity contribution in [1.29, 1.82) is 0 Å². The predicted octanol–water partition coefficient (Wildman–Crippen LogP) is 1.68. The van der Waals surface area contributed by atoms with Crippen molar-refractivity contribution in [3.63, 3.8) is 0 Å². The molecule has 3 unspecified atom stereocenters. The highest BCUT2D eigenvalue weighted by atomic mass is 19.1. The molecular formula is C16H20FNO5. The van der Waals surface area contributed by atoms with Gasteiger partial charge in [0.05, 0.1) is 12.5 Å². The lowest BCUT2D eigenvalue weighted by molar-refractivity contribution is -0.142. The molecule has 3 atom stereocenters. The first-order valence-electron chi connectivity index (χ1n) is 7.38. The first-order chi connectivity index (χ1) is 10.9. The van der Waals surface area contributed by atoms with Gasteiger partial charge in [0.15, 0.2) is 6.10 Å². The lowest BCUT2D eigenvalue weighted by Crippen LogP contribution is -2.44. The van der Waals surface area contributed by atoms with Gasteiger partial charge >= 0.3 is 5.97 Å². The monoisotopic (exact) mass is 325 g/mol. The van der Waals surface area contributed by atoms with Crippen LogP contribution in [0.5, 0.6) is 5.75 Å². The number of carbonyl (C=O) groups excluding carboxylic acids is 1. The van der Waals surface area contributed by atoms with Crippen molar-refractivity contribution in [3.05, 3.63) is 30.1 Å². The van der Waals surface area contributed by atoms with Crippen molar-refractivity contribution in [2.24, 2.45) is 0 Å². The molecule has 0 aliphatic carbocycles. The normalized spacial score (nSPS) is 22.0. The highest BCUT2D eigenvalue weighted by molar-refractivity contribution is 5.82. The zero-order valence-electron chi connectivity index (χ0n) is 13.1. The quantitative estimate of drug-likeness (QED) is 0.861. The Morgan fingerprint density at radius 3 is 2.61 bits per heavy atom. The molecule has 1 aliphatic rings. The van der Waals surface area contributed by atoms with Gasteiger partial charge in [0.25, 0.3) is 5.91 Å². The summed E-state index contributed by atoms with van der Waals surface area (Å²) in [7, 11) is 1.54. The summed E-state index contributed by atoms with van der Waals surface area (Å²) in [5.74, 6) is -1.28. The van der Waals surface area contributed by atoms with E-state index in [4.69, 9.17) is 14.6 Å². The number of carboxylic acids is 1. The maximum Gasteiger partial charge on any atom is 0.305 e. The summed E-state index contributed by atoms with van der Waals surface area (Å²) in [6.07, 6.45) is -0.624. The van der Waals surface area contributed by atoms with Crippen molar-refractivity contribution < 1.29 is 28.6 Å². The maximum absolute atomic E-state index is 12.9. The van der Waals surface area contributed by atoms with Crippen LogP contribution in [0.4, 0.5) is 4.39 Å². The lowest BCUT2D eigenvalue weighted by atomic mass is 10.1. The maximum atomic E-state index is 12.9. The van der Waals surface area contributed by atoms with Crippen molar-refractivity contribution >= 4 is 11.9 Å². The summed E-state index contributed by atoms with van der Waals surface area (Å²) < 4.78 is 23.6. The van der Waals surface area contributed by atoms with Crippen molar-refractivity contribution in [3.8, 4) is 5.75 Å². The molecule has 0 aromatic heterocycles. The third-order valence-corrected chi connectivity index (χ3v) is 3.88. The molecule has 1 amide bonds. The fourth-order valence-electron chi connectivity index (χ4n) is 2.71. The average Bonchev–Trinajstić information content (AvgIpc) is 2.91. The molecule has 7 heteroatoms. The van der Waals surface area contributed by atoms with E-state index in [1.807, 2.05) is 0 Å². The van der Waals surface area contributed by atoms with Crippen LogP contribution in [0.25, 0.3) is 0 Å². The fraction of sp³-hybridized carbons (Fsp3) is 0.500. The molecule has 0 radical (unpaired) electrons. The summed E-state index contributed by atoms with van der Waals surface area (Å²) in [5.41, 5.74) is 0. The minimum Gasteiger partial charge on any atom is -0.481 e. The average molecular weight is 325 g/mol. The van der Waals surface area contributed by atoms with Gasteiger partial charge in [-0.1, -0.05) is 0 Å². The summed E-state index contributed by atoms with van der Waals surface area (Å²) in [6, 6.07) is 4.96. The SMILES string of the molecule is COC1CC(CC(=O)O)N(C(=O)C(C)Oc2ccc(F)cc2)C1. The minimum atomic E-state index is -0.961. The zero-order chi connectivity index (χ0) is 17.0. The Bertz CT molecular complexity index is 562. The van der Waals surface area contributed by atoms with Crippen molar-refractivity contribution in [2.75, 3.05) is 13.7 Å². The third kappa shape index (κ3) is 4.41. The Hall–Kier alpha value is -2.15. The highest BCUT2D eigenvalue weighted by Gasteiger charge is 2.38. The van der Waals surface area contributed by atoms with Crippen LogP contribution >= 0.6 is 0 Å². The molecule has 0 saturated carbocycles. The van der Waals surface area contributed by atoms with E-state index >= 15 is 0 Å². The number of hydrogen-bond acceptors (Lipinski definition) is 4. The molecule has 6 nitrogen and oxygen atoms in total. The number of likely N-dealkylation sites (tertiary alicyclic amines) is 1. The van der Waals surface area contributed by atoms with E-state index in [-0.39, 0.29) is 24.2 Å². The Kier molecular flexibility index (Phi) is 5.54. The number of hydrogen-bond donors (Lipinski definition) is 1. The number of rotatable bonds is 6. The number of carboxylic acid groups (broad SMARTS) is 1. The molecule has 1 N–H and O–H groups in total. The Labute approximate surface area is 133 Å². The Morgan fingerprint density at radius 2 is 2.04 bits per heavy atom. The van der Waals surface area contributed by atoms with E-state index in [0.717, 1.165) is 0 Å². The Balaban J connectivity index is 2.03. The molecule has 0 spiro atoms. The predicted molar refractivity (Wildman–Crippen MR) is 79.7 cm³/mol. The van der Waals surface area contributed by atoms with Crippen LogP contribution in [0.15, 0.2) is 24.3 Å². The largest absolute Gasteiger partial charge is 0.481 e. The number of methoxy groups -OCH3 is 1. The molecular weight excluding hydrogens is 305 g/mol. The number of aliphatic carboxylic acids is 1. The molecule has 1 aromatic rings. The second-order valence-electron chi connectivity index (χ2n) is 5.55. The Morgan fingerprint density at radius 1 is 1.39 bits per heavy atom. The number of amides is 1. The van der Waals surface area contributed by atoms with Gasteiger partial charge in [-0.25, -0.2) is 4.39 Å². The molecule has 23 heavy (non-hydrogen) atoms. The van der Waals surface area contributed by atoms with Gasteiger partial charge in [0.2, 0.25) is 0 Å². The van der Waals surface area contributed by atoms with E-state index in [1.165, 1.54) is 36.3 Å². The van der Waals surface area contributed by atoms with Crippen LogP contribution < -0.4 is 4.74 Å². The second kappa shape index (κ2) is 7.41. The van der Waals surface area contributed by atoms with E-state index in [9.17, 15) is 14.0 Å². The highest BCUT2D eigenvalue weighted by Crippen LogP contribution is 2.24. The zero-order valence-corrected chi connectivity index (χ0v) is 13.1. The molecule has 1 saturated heterocycles. The van der Waals surface area contributed by atoms with Gasteiger partial charge < -0.3 is 19.5 Å². The molecule has 126 valence electrons. The van der Waals surface area contributed by atoms with Gasteiger partial charge in [-0.15, -0.1) is 0 Å². The number of carbonyl (C=O) groups is 2. The summed E-state index contributed by atoms with van der Waals surface area (Å²) >= 11 is 0. The van der Waals surface area contributed by atoms with Crippen molar-refractivity contribution in [1.82, 2.24) is 4.90 Å². The summed E-state index contributed by atoms with van der Waals surface area (Å²) in [5, 5.41) is 8.99. The van der Waals surface area contributed by atoms with Gasteiger partial charge in [0.1, 0.15) is 11.6 Å². The van der Waals surface area contributed by atoms with Crippen LogP contribution in [0.2, 0.25) is 0 Å². The molecule has 1 aliphatic heterocycles. The van der Waals surface area contributed by atoms with Crippen LogP contribution in [0, 0.1) is 5.82 Å². The van der Waals surface area contributed by atoms with Crippen LogP contribution in [-0.2, 0) is 14.3 Å².